The molecule has 1 amide bonds. The molecule has 1 saturated heterocycles. The van der Waals surface area contributed by atoms with E-state index in [0.717, 1.165) is 6.42 Å². The number of rotatable bonds is 1. The van der Waals surface area contributed by atoms with Gasteiger partial charge in [0.1, 0.15) is 5.82 Å². The van der Waals surface area contributed by atoms with Crippen molar-refractivity contribution in [3.63, 3.8) is 0 Å². The summed E-state index contributed by atoms with van der Waals surface area (Å²) in [6.45, 7) is 0.698. The molecule has 1 aliphatic rings. The predicted molar refractivity (Wildman–Crippen MR) is 52.4 cm³/mol. The third-order valence-electron chi connectivity index (χ3n) is 2.36. The molecule has 0 bridgehead atoms. The molecule has 14 heavy (non-hydrogen) atoms. The Morgan fingerprint density at radius 3 is 2.79 bits per heavy atom. The number of halogens is 1. The van der Waals surface area contributed by atoms with Gasteiger partial charge in [-0.1, -0.05) is 0 Å². The monoisotopic (exact) mass is 194 g/mol. The lowest BCUT2D eigenvalue weighted by Gasteiger charge is -2.15. The first-order valence-electron chi connectivity index (χ1n) is 4.54. The van der Waals surface area contributed by atoms with Crippen LogP contribution >= 0.6 is 0 Å². The van der Waals surface area contributed by atoms with E-state index in [1.54, 1.807) is 11.0 Å². The van der Waals surface area contributed by atoms with Gasteiger partial charge >= 0.3 is 0 Å². The second kappa shape index (κ2) is 3.29. The van der Waals surface area contributed by atoms with Gasteiger partial charge in [0.05, 0.1) is 5.69 Å². The Morgan fingerprint density at radius 2 is 2.21 bits per heavy atom. The van der Waals surface area contributed by atoms with E-state index in [-0.39, 0.29) is 11.6 Å². The van der Waals surface area contributed by atoms with Crippen LogP contribution in [0.4, 0.5) is 15.8 Å². The van der Waals surface area contributed by atoms with Crippen molar-refractivity contribution < 1.29 is 9.18 Å². The fraction of sp³-hybridized carbons (Fsp3) is 0.300. The molecule has 0 atom stereocenters. The van der Waals surface area contributed by atoms with Crippen molar-refractivity contribution >= 4 is 17.3 Å². The van der Waals surface area contributed by atoms with Gasteiger partial charge < -0.3 is 10.6 Å². The van der Waals surface area contributed by atoms with Crippen molar-refractivity contribution in [2.75, 3.05) is 17.2 Å². The first-order valence-corrected chi connectivity index (χ1v) is 4.54. The van der Waals surface area contributed by atoms with E-state index in [0.29, 0.717) is 18.7 Å². The normalized spacial score (nSPS) is 16.4. The Bertz CT molecular complexity index is 378. The molecule has 1 fully saturated rings. The Labute approximate surface area is 81.3 Å². The first kappa shape index (κ1) is 8.99. The highest BCUT2D eigenvalue weighted by atomic mass is 19.1. The van der Waals surface area contributed by atoms with Gasteiger partial charge in [0.25, 0.3) is 0 Å². The van der Waals surface area contributed by atoms with Crippen LogP contribution in [0.15, 0.2) is 18.2 Å². The average molecular weight is 194 g/mol. The van der Waals surface area contributed by atoms with Crippen LogP contribution in [0.2, 0.25) is 0 Å². The number of nitrogens with zero attached hydrogens (tertiary/aromatic N) is 1. The molecule has 2 rings (SSSR count). The summed E-state index contributed by atoms with van der Waals surface area (Å²) in [6.07, 6.45) is 1.42. The van der Waals surface area contributed by atoms with Gasteiger partial charge in [-0.05, 0) is 24.6 Å². The minimum Gasteiger partial charge on any atom is -0.396 e. The average Bonchev–Trinajstić information content (AvgIpc) is 2.57. The molecule has 3 nitrogen and oxygen atoms in total. The quantitative estimate of drug-likeness (QED) is 0.689. The summed E-state index contributed by atoms with van der Waals surface area (Å²) in [5.74, 6) is -0.364. The highest BCUT2D eigenvalue weighted by molar-refractivity contribution is 5.95. The SMILES string of the molecule is Nc1cc(N2CCCC2=O)ccc1F. The Hall–Kier alpha value is -1.58. The summed E-state index contributed by atoms with van der Waals surface area (Å²) in [5, 5.41) is 0. The van der Waals surface area contributed by atoms with E-state index in [9.17, 15) is 9.18 Å². The van der Waals surface area contributed by atoms with Crippen LogP contribution in [0.3, 0.4) is 0 Å². The van der Waals surface area contributed by atoms with E-state index < -0.39 is 5.82 Å². The number of carbonyl (C=O) groups is 1. The number of amides is 1. The predicted octanol–water partition coefficient (Wildman–Crippen LogP) is 1.53. The number of hydrogen-bond acceptors (Lipinski definition) is 2. The van der Waals surface area contributed by atoms with Gasteiger partial charge in [-0.2, -0.15) is 0 Å². The largest absolute Gasteiger partial charge is 0.396 e. The highest BCUT2D eigenvalue weighted by Crippen LogP contribution is 2.24. The van der Waals surface area contributed by atoms with E-state index in [1.165, 1.54) is 12.1 Å². The van der Waals surface area contributed by atoms with Crippen molar-refractivity contribution in [3.8, 4) is 0 Å². The molecule has 2 N–H and O–H groups in total. The van der Waals surface area contributed by atoms with E-state index in [1.807, 2.05) is 0 Å². The van der Waals surface area contributed by atoms with Gasteiger partial charge in [0, 0.05) is 18.7 Å². The van der Waals surface area contributed by atoms with Gasteiger partial charge in [-0.25, -0.2) is 4.39 Å². The Morgan fingerprint density at radius 1 is 1.43 bits per heavy atom. The molecule has 74 valence electrons. The van der Waals surface area contributed by atoms with Gasteiger partial charge in [-0.3, -0.25) is 4.79 Å². The van der Waals surface area contributed by atoms with Crippen LogP contribution in [0.5, 0.6) is 0 Å². The lowest BCUT2D eigenvalue weighted by atomic mass is 10.2. The Balaban J connectivity index is 2.32. The van der Waals surface area contributed by atoms with Gasteiger partial charge in [-0.15, -0.1) is 0 Å². The van der Waals surface area contributed by atoms with E-state index in [2.05, 4.69) is 0 Å². The number of carbonyl (C=O) groups excluding carboxylic acids is 1. The van der Waals surface area contributed by atoms with Crippen molar-refractivity contribution in [1.82, 2.24) is 0 Å². The zero-order chi connectivity index (χ0) is 10.1. The minimum atomic E-state index is -0.444. The highest BCUT2D eigenvalue weighted by Gasteiger charge is 2.21. The summed E-state index contributed by atoms with van der Waals surface area (Å²) in [6, 6.07) is 4.36. The third-order valence-corrected chi connectivity index (χ3v) is 2.36. The Kier molecular flexibility index (Phi) is 2.11. The van der Waals surface area contributed by atoms with Crippen LogP contribution in [0.1, 0.15) is 12.8 Å². The maximum Gasteiger partial charge on any atom is 0.227 e. The van der Waals surface area contributed by atoms with Crippen LogP contribution in [0.25, 0.3) is 0 Å². The molecule has 1 aromatic rings. The van der Waals surface area contributed by atoms with Crippen LogP contribution in [0, 0.1) is 5.82 Å². The maximum atomic E-state index is 12.9. The lowest BCUT2D eigenvalue weighted by molar-refractivity contribution is -0.117. The van der Waals surface area contributed by atoms with E-state index >= 15 is 0 Å². The minimum absolute atomic E-state index is 0.0796. The zero-order valence-electron chi connectivity index (χ0n) is 7.66. The number of nitrogen functional groups attached to an aromatic ring is 1. The van der Waals surface area contributed by atoms with Crippen LogP contribution in [-0.4, -0.2) is 12.5 Å². The molecule has 1 aliphatic heterocycles. The van der Waals surface area contributed by atoms with Crippen LogP contribution < -0.4 is 10.6 Å². The molecule has 1 heterocycles. The molecule has 0 aromatic heterocycles. The first-order chi connectivity index (χ1) is 6.68. The number of anilines is 2. The second-order valence-electron chi connectivity index (χ2n) is 3.35. The van der Waals surface area contributed by atoms with Crippen molar-refractivity contribution in [1.29, 1.82) is 0 Å². The summed E-state index contributed by atoms with van der Waals surface area (Å²) in [5.41, 5.74) is 6.19. The van der Waals surface area contributed by atoms with Crippen molar-refractivity contribution in [2.24, 2.45) is 0 Å². The molecular weight excluding hydrogens is 183 g/mol. The molecule has 0 radical (unpaired) electrons. The molecule has 4 heteroatoms. The molecular formula is C10H11FN2O. The fourth-order valence-corrected chi connectivity index (χ4v) is 1.62. The number of nitrogens with two attached hydrogens (primary N) is 1. The third kappa shape index (κ3) is 1.43. The van der Waals surface area contributed by atoms with Gasteiger partial charge in [0.2, 0.25) is 5.91 Å². The summed E-state index contributed by atoms with van der Waals surface area (Å²) >= 11 is 0. The summed E-state index contributed by atoms with van der Waals surface area (Å²) < 4.78 is 12.9. The maximum absolute atomic E-state index is 12.9. The molecule has 0 aliphatic carbocycles. The summed E-state index contributed by atoms with van der Waals surface area (Å²) in [7, 11) is 0. The molecule has 1 aromatic carbocycles. The second-order valence-corrected chi connectivity index (χ2v) is 3.35. The van der Waals surface area contributed by atoms with E-state index in [4.69, 9.17) is 5.73 Å². The topological polar surface area (TPSA) is 46.3 Å². The number of benzene rings is 1. The molecule has 0 spiro atoms. The lowest BCUT2D eigenvalue weighted by Crippen LogP contribution is -2.23. The standard InChI is InChI=1S/C10H11FN2O/c11-8-4-3-7(6-9(8)12)13-5-1-2-10(13)14/h3-4,6H,1-2,5,12H2. The number of hydrogen-bond donors (Lipinski definition) is 1. The zero-order valence-corrected chi connectivity index (χ0v) is 7.66. The summed E-state index contributed by atoms with van der Waals surface area (Å²) in [4.78, 5) is 13.0. The van der Waals surface area contributed by atoms with Crippen molar-refractivity contribution in [3.05, 3.63) is 24.0 Å². The van der Waals surface area contributed by atoms with Gasteiger partial charge in [0.15, 0.2) is 0 Å². The molecule has 0 saturated carbocycles. The smallest absolute Gasteiger partial charge is 0.227 e. The van der Waals surface area contributed by atoms with Crippen molar-refractivity contribution in [2.45, 2.75) is 12.8 Å². The molecule has 0 unspecified atom stereocenters. The van der Waals surface area contributed by atoms with Crippen LogP contribution in [-0.2, 0) is 4.79 Å². The fourth-order valence-electron chi connectivity index (χ4n) is 1.62.